The number of nitrogens with zero attached hydrogens (tertiary/aromatic N) is 5. The number of rotatable bonds is 5. The fourth-order valence-electron chi connectivity index (χ4n) is 4.41. The molecule has 0 radical (unpaired) electrons. The lowest BCUT2D eigenvalue weighted by Crippen LogP contribution is -2.46. The summed E-state index contributed by atoms with van der Waals surface area (Å²) in [4.78, 5) is 45.0. The molecule has 1 amide bonds. The van der Waals surface area contributed by atoms with E-state index in [2.05, 4.69) is 10.4 Å². The zero-order valence-electron chi connectivity index (χ0n) is 20.4. The normalized spacial score (nSPS) is 14.7. The molecule has 12 heteroatoms. The third kappa shape index (κ3) is 4.64. The van der Waals surface area contributed by atoms with Crippen LogP contribution in [0.15, 0.2) is 59.5 Å². The second kappa shape index (κ2) is 9.96. The molecule has 38 heavy (non-hydrogen) atoms. The van der Waals surface area contributed by atoms with Crippen molar-refractivity contribution < 1.29 is 14.7 Å². The quantitative estimate of drug-likeness (QED) is 0.378. The Morgan fingerprint density at radius 1 is 1.05 bits per heavy atom. The smallest absolute Gasteiger partial charge is 0.335 e. The summed E-state index contributed by atoms with van der Waals surface area (Å²) in [5.74, 6) is -0.531. The average Bonchev–Trinajstić information content (AvgIpc) is 3.30. The van der Waals surface area contributed by atoms with Crippen molar-refractivity contribution in [3.8, 4) is 5.69 Å². The number of hydrogen-bond acceptors (Lipinski definition) is 6. The van der Waals surface area contributed by atoms with Crippen molar-refractivity contribution >= 4 is 46.8 Å². The molecule has 5 rings (SSSR count). The molecule has 0 aliphatic carbocycles. The minimum absolute atomic E-state index is 0.0962. The molecule has 10 nitrogen and oxygen atoms in total. The first-order valence-corrected chi connectivity index (χ1v) is 12.4. The maximum absolute atomic E-state index is 13.8. The molecule has 0 spiro atoms. The van der Waals surface area contributed by atoms with Gasteiger partial charge in [-0.3, -0.25) is 14.3 Å². The van der Waals surface area contributed by atoms with Crippen LogP contribution in [0.2, 0.25) is 10.0 Å². The van der Waals surface area contributed by atoms with Gasteiger partial charge < -0.3 is 15.3 Å². The van der Waals surface area contributed by atoms with Gasteiger partial charge in [0.1, 0.15) is 5.82 Å². The van der Waals surface area contributed by atoms with E-state index >= 15 is 0 Å². The number of carboxylic acids is 1. The summed E-state index contributed by atoms with van der Waals surface area (Å²) in [6, 6.07) is 12.1. The summed E-state index contributed by atoms with van der Waals surface area (Å²) in [5.41, 5.74) is 1.56. The van der Waals surface area contributed by atoms with Crippen molar-refractivity contribution in [2.75, 3.05) is 5.32 Å². The topological polar surface area (TPSA) is 122 Å². The van der Waals surface area contributed by atoms with E-state index in [0.29, 0.717) is 33.3 Å². The molecule has 2 aromatic carbocycles. The lowest BCUT2D eigenvalue weighted by Gasteiger charge is -2.34. The number of carbonyl (C=O) groups excluding carboxylic acids is 1. The molecule has 1 aliphatic rings. The van der Waals surface area contributed by atoms with Gasteiger partial charge in [-0.25, -0.2) is 14.3 Å². The first-order chi connectivity index (χ1) is 18.1. The van der Waals surface area contributed by atoms with Crippen molar-refractivity contribution in [3.63, 3.8) is 0 Å². The highest BCUT2D eigenvalue weighted by Gasteiger charge is 2.32. The Morgan fingerprint density at radius 3 is 2.39 bits per heavy atom. The molecule has 3 heterocycles. The minimum atomic E-state index is -1.07. The molecule has 4 aromatic rings. The largest absolute Gasteiger partial charge is 0.478 e. The monoisotopic (exact) mass is 552 g/mol. The van der Waals surface area contributed by atoms with Crippen LogP contribution < -0.4 is 10.9 Å². The van der Waals surface area contributed by atoms with Gasteiger partial charge in [-0.2, -0.15) is 5.10 Å². The first kappa shape index (κ1) is 25.5. The van der Waals surface area contributed by atoms with Crippen LogP contribution in [0.1, 0.15) is 38.9 Å². The highest BCUT2D eigenvalue weighted by Crippen LogP contribution is 2.28. The third-order valence-electron chi connectivity index (χ3n) is 6.47. The molecule has 0 unspecified atom stereocenters. The average molecular weight is 553 g/mol. The van der Waals surface area contributed by atoms with Gasteiger partial charge in [-0.15, -0.1) is 0 Å². The number of halogens is 2. The minimum Gasteiger partial charge on any atom is -0.478 e. The molecule has 2 N–H and O–H groups in total. The Bertz CT molecular complexity index is 1630. The number of carbonyl (C=O) groups is 2. The van der Waals surface area contributed by atoms with Crippen LogP contribution in [-0.2, 0) is 20.0 Å². The standard InChI is InChI=1S/C26H22Cl2N6O4/c1-14-11-18-21(13-33(14)23(35)16-5-8-19(27)20(28)12-16)30-26(31-22-9-10-29-32(22)2)34(24(18)36)17-6-3-15(4-7-17)25(37)38/h3-10,12,14H,11,13H2,1-2H3,(H,30,31)(H,37,38)/t14-/m1/s1. The number of aromatic carboxylic acids is 1. The van der Waals surface area contributed by atoms with E-state index in [9.17, 15) is 19.5 Å². The Labute approximate surface area is 227 Å². The summed E-state index contributed by atoms with van der Waals surface area (Å²) in [6.45, 7) is 1.98. The van der Waals surface area contributed by atoms with Crippen molar-refractivity contribution in [2.45, 2.75) is 25.9 Å². The van der Waals surface area contributed by atoms with Crippen molar-refractivity contribution in [2.24, 2.45) is 7.05 Å². The molecule has 2 aromatic heterocycles. The molecule has 0 saturated heterocycles. The lowest BCUT2D eigenvalue weighted by atomic mass is 9.98. The van der Waals surface area contributed by atoms with E-state index in [1.807, 2.05) is 6.92 Å². The molecule has 0 bridgehead atoms. The number of aromatic nitrogens is 4. The number of aryl methyl sites for hydroxylation is 1. The van der Waals surface area contributed by atoms with Crippen LogP contribution in [0, 0.1) is 0 Å². The Kier molecular flexibility index (Phi) is 6.68. The van der Waals surface area contributed by atoms with Crippen LogP contribution in [0.5, 0.6) is 0 Å². The highest BCUT2D eigenvalue weighted by molar-refractivity contribution is 6.42. The number of carboxylic acid groups (broad SMARTS) is 1. The van der Waals surface area contributed by atoms with Gasteiger partial charge in [-0.1, -0.05) is 23.2 Å². The van der Waals surface area contributed by atoms with E-state index in [0.717, 1.165) is 0 Å². The van der Waals surface area contributed by atoms with Crippen molar-refractivity contribution in [3.05, 3.63) is 97.5 Å². The maximum Gasteiger partial charge on any atom is 0.335 e. The summed E-state index contributed by atoms with van der Waals surface area (Å²) in [7, 11) is 1.74. The summed E-state index contributed by atoms with van der Waals surface area (Å²) < 4.78 is 2.99. The zero-order valence-corrected chi connectivity index (χ0v) is 21.9. The van der Waals surface area contributed by atoms with Gasteiger partial charge in [0, 0.05) is 30.3 Å². The van der Waals surface area contributed by atoms with Crippen LogP contribution >= 0.6 is 23.2 Å². The maximum atomic E-state index is 13.8. The van der Waals surface area contributed by atoms with Crippen LogP contribution in [0.25, 0.3) is 5.69 Å². The summed E-state index contributed by atoms with van der Waals surface area (Å²) >= 11 is 12.1. The molecule has 0 fully saturated rings. The van der Waals surface area contributed by atoms with Gasteiger partial charge in [0.25, 0.3) is 11.5 Å². The van der Waals surface area contributed by atoms with Crippen molar-refractivity contribution in [1.29, 1.82) is 0 Å². The Balaban J connectivity index is 1.59. The van der Waals surface area contributed by atoms with Crippen LogP contribution in [0.3, 0.4) is 0 Å². The molecule has 1 aliphatic heterocycles. The number of amides is 1. The predicted octanol–water partition coefficient (Wildman–Crippen LogP) is 4.30. The SMILES string of the molecule is C[C@@H]1Cc2c(nc(Nc3ccnn3C)n(-c3ccc(C(=O)O)cc3)c2=O)CN1C(=O)c1ccc(Cl)c(Cl)c1. The van der Waals surface area contributed by atoms with Crippen molar-refractivity contribution in [1.82, 2.24) is 24.2 Å². The lowest BCUT2D eigenvalue weighted by molar-refractivity contribution is 0.0651. The Hall–Kier alpha value is -4.15. The zero-order chi connectivity index (χ0) is 27.1. The van der Waals surface area contributed by atoms with Gasteiger partial charge in [-0.05, 0) is 55.8 Å². The molecule has 194 valence electrons. The number of nitrogens with one attached hydrogen (secondary N) is 1. The first-order valence-electron chi connectivity index (χ1n) is 11.6. The highest BCUT2D eigenvalue weighted by atomic mass is 35.5. The summed E-state index contributed by atoms with van der Waals surface area (Å²) in [6.07, 6.45) is 1.89. The summed E-state index contributed by atoms with van der Waals surface area (Å²) in [5, 5.41) is 17.2. The van der Waals surface area contributed by atoms with Gasteiger partial charge >= 0.3 is 5.97 Å². The number of anilines is 2. The fourth-order valence-corrected chi connectivity index (χ4v) is 4.71. The van der Waals surface area contributed by atoms with E-state index in [1.165, 1.54) is 22.8 Å². The van der Waals surface area contributed by atoms with Gasteiger partial charge in [0.2, 0.25) is 5.95 Å². The van der Waals surface area contributed by atoms with Gasteiger partial charge in [0.05, 0.1) is 39.7 Å². The van der Waals surface area contributed by atoms with Crippen LogP contribution in [0.4, 0.5) is 11.8 Å². The second-order valence-electron chi connectivity index (χ2n) is 8.93. The Morgan fingerprint density at radius 2 is 1.76 bits per heavy atom. The van der Waals surface area contributed by atoms with E-state index in [4.69, 9.17) is 28.2 Å². The van der Waals surface area contributed by atoms with E-state index in [-0.39, 0.29) is 47.0 Å². The second-order valence-corrected chi connectivity index (χ2v) is 9.75. The molecule has 0 saturated carbocycles. The molecular formula is C26H22Cl2N6O4. The van der Waals surface area contributed by atoms with Gasteiger partial charge in [0.15, 0.2) is 0 Å². The fraction of sp³-hybridized carbons (Fsp3) is 0.192. The number of benzene rings is 2. The number of hydrogen-bond donors (Lipinski definition) is 2. The third-order valence-corrected chi connectivity index (χ3v) is 7.21. The molecule has 1 atom stereocenters. The van der Waals surface area contributed by atoms with E-state index in [1.54, 1.807) is 53.2 Å². The van der Waals surface area contributed by atoms with Crippen LogP contribution in [-0.4, -0.2) is 47.3 Å². The number of fused-ring (bicyclic) bond motifs is 1. The molecular weight excluding hydrogens is 531 g/mol. The predicted molar refractivity (Wildman–Crippen MR) is 143 cm³/mol. The van der Waals surface area contributed by atoms with E-state index < -0.39 is 5.97 Å².